The molecule has 2 unspecified atom stereocenters. The number of amides is 3. The third-order valence-corrected chi connectivity index (χ3v) is 5.46. The predicted molar refractivity (Wildman–Crippen MR) is 106 cm³/mol. The topological polar surface area (TPSA) is 66.5 Å². The van der Waals surface area contributed by atoms with Crippen LogP contribution in [-0.2, 0) is 4.79 Å². The standard InChI is InChI=1S/C21H21BrN2O3/c1-12(2)18(19(25)23-13(3)14-8-6-7-11-17(14)22)24-20(26)15-9-4-5-10-16(15)21(24)27/h4-13,18H,1-3H3,(H,23,25). The van der Waals surface area contributed by atoms with Crippen molar-refractivity contribution in [1.82, 2.24) is 10.2 Å². The number of hydrogen-bond donors (Lipinski definition) is 1. The fourth-order valence-electron chi connectivity index (χ4n) is 3.38. The minimum atomic E-state index is -0.873. The Morgan fingerprint density at radius 2 is 1.44 bits per heavy atom. The van der Waals surface area contributed by atoms with E-state index in [0.29, 0.717) is 11.1 Å². The summed E-state index contributed by atoms with van der Waals surface area (Å²) in [5.41, 5.74) is 1.62. The van der Waals surface area contributed by atoms with E-state index >= 15 is 0 Å². The fourth-order valence-corrected chi connectivity index (χ4v) is 4.01. The van der Waals surface area contributed by atoms with Crippen molar-refractivity contribution in [3.05, 3.63) is 69.7 Å². The van der Waals surface area contributed by atoms with Gasteiger partial charge in [0.05, 0.1) is 17.2 Å². The van der Waals surface area contributed by atoms with Crippen LogP contribution in [0.5, 0.6) is 0 Å². The van der Waals surface area contributed by atoms with E-state index in [0.717, 1.165) is 14.9 Å². The Morgan fingerprint density at radius 3 is 1.96 bits per heavy atom. The summed E-state index contributed by atoms with van der Waals surface area (Å²) < 4.78 is 0.889. The zero-order valence-corrected chi connectivity index (χ0v) is 17.0. The second-order valence-corrected chi connectivity index (χ2v) is 7.82. The number of rotatable bonds is 5. The van der Waals surface area contributed by atoms with E-state index in [1.807, 2.05) is 45.0 Å². The van der Waals surface area contributed by atoms with Crippen LogP contribution in [0.4, 0.5) is 0 Å². The first-order valence-corrected chi connectivity index (χ1v) is 9.64. The number of nitrogens with one attached hydrogen (secondary N) is 1. The number of nitrogens with zero attached hydrogens (tertiary/aromatic N) is 1. The van der Waals surface area contributed by atoms with Gasteiger partial charge in [-0.05, 0) is 36.6 Å². The summed E-state index contributed by atoms with van der Waals surface area (Å²) >= 11 is 3.49. The third kappa shape index (κ3) is 3.54. The Hall–Kier alpha value is -2.47. The van der Waals surface area contributed by atoms with Crippen LogP contribution in [0.3, 0.4) is 0 Å². The summed E-state index contributed by atoms with van der Waals surface area (Å²) in [5.74, 6) is -1.41. The van der Waals surface area contributed by atoms with E-state index < -0.39 is 17.9 Å². The van der Waals surface area contributed by atoms with Crippen molar-refractivity contribution in [3.8, 4) is 0 Å². The average Bonchev–Trinajstić information content (AvgIpc) is 2.87. The number of carbonyl (C=O) groups is 3. The maximum Gasteiger partial charge on any atom is 0.262 e. The molecule has 5 nitrogen and oxygen atoms in total. The van der Waals surface area contributed by atoms with Gasteiger partial charge in [0.2, 0.25) is 5.91 Å². The summed E-state index contributed by atoms with van der Waals surface area (Å²) in [5, 5.41) is 2.95. The molecule has 0 aliphatic carbocycles. The van der Waals surface area contributed by atoms with Gasteiger partial charge in [-0.1, -0.05) is 60.1 Å². The lowest BCUT2D eigenvalue weighted by atomic mass is 10.00. The van der Waals surface area contributed by atoms with Crippen LogP contribution < -0.4 is 5.32 Å². The van der Waals surface area contributed by atoms with Gasteiger partial charge in [0.25, 0.3) is 11.8 Å². The van der Waals surface area contributed by atoms with Crippen LogP contribution in [0.1, 0.15) is 53.1 Å². The summed E-state index contributed by atoms with van der Waals surface area (Å²) in [6.07, 6.45) is 0. The van der Waals surface area contributed by atoms with E-state index in [-0.39, 0.29) is 17.9 Å². The fraction of sp³-hybridized carbons (Fsp3) is 0.286. The Bertz CT molecular complexity index is 875. The van der Waals surface area contributed by atoms with Crippen molar-refractivity contribution in [2.45, 2.75) is 32.9 Å². The van der Waals surface area contributed by atoms with Crippen LogP contribution in [0.25, 0.3) is 0 Å². The van der Waals surface area contributed by atoms with Gasteiger partial charge in [-0.15, -0.1) is 0 Å². The van der Waals surface area contributed by atoms with Gasteiger partial charge in [-0.3, -0.25) is 19.3 Å². The molecule has 2 atom stereocenters. The largest absolute Gasteiger partial charge is 0.348 e. The summed E-state index contributed by atoms with van der Waals surface area (Å²) in [6.45, 7) is 5.53. The lowest BCUT2D eigenvalue weighted by Gasteiger charge is -2.30. The molecule has 3 amide bonds. The average molecular weight is 429 g/mol. The van der Waals surface area contributed by atoms with E-state index in [1.54, 1.807) is 24.3 Å². The first kappa shape index (κ1) is 19.3. The zero-order valence-electron chi connectivity index (χ0n) is 15.4. The molecule has 1 aliphatic heterocycles. The van der Waals surface area contributed by atoms with E-state index in [2.05, 4.69) is 21.2 Å². The number of imide groups is 1. The number of benzene rings is 2. The van der Waals surface area contributed by atoms with Gasteiger partial charge < -0.3 is 5.32 Å². The smallest absolute Gasteiger partial charge is 0.262 e. The monoisotopic (exact) mass is 428 g/mol. The van der Waals surface area contributed by atoms with Gasteiger partial charge in [0, 0.05) is 4.47 Å². The van der Waals surface area contributed by atoms with Gasteiger partial charge >= 0.3 is 0 Å². The highest BCUT2D eigenvalue weighted by Crippen LogP contribution is 2.28. The summed E-state index contributed by atoms with van der Waals surface area (Å²) in [4.78, 5) is 39.7. The molecule has 0 saturated carbocycles. The molecular weight excluding hydrogens is 408 g/mol. The van der Waals surface area contributed by atoms with E-state index in [4.69, 9.17) is 0 Å². The van der Waals surface area contributed by atoms with Crippen molar-refractivity contribution in [3.63, 3.8) is 0 Å². The predicted octanol–water partition coefficient (Wildman–Crippen LogP) is 3.95. The van der Waals surface area contributed by atoms with Crippen LogP contribution in [0.2, 0.25) is 0 Å². The van der Waals surface area contributed by atoms with E-state index in [9.17, 15) is 14.4 Å². The molecule has 140 valence electrons. The second kappa shape index (κ2) is 7.64. The lowest BCUT2D eigenvalue weighted by Crippen LogP contribution is -2.52. The normalized spacial score (nSPS) is 15.7. The van der Waals surface area contributed by atoms with Crippen molar-refractivity contribution < 1.29 is 14.4 Å². The Balaban J connectivity index is 1.86. The Kier molecular flexibility index (Phi) is 5.46. The second-order valence-electron chi connectivity index (χ2n) is 6.97. The highest BCUT2D eigenvalue weighted by Gasteiger charge is 2.44. The molecule has 27 heavy (non-hydrogen) atoms. The SMILES string of the molecule is CC(NC(=O)C(C(C)C)N1C(=O)c2ccccc2C1=O)c1ccccc1Br. The molecule has 0 fully saturated rings. The molecule has 6 heteroatoms. The van der Waals surface area contributed by atoms with Crippen molar-refractivity contribution in [1.29, 1.82) is 0 Å². The number of hydrogen-bond acceptors (Lipinski definition) is 3. The summed E-state index contributed by atoms with van der Waals surface area (Å²) in [7, 11) is 0. The highest BCUT2D eigenvalue weighted by molar-refractivity contribution is 9.10. The molecule has 0 saturated heterocycles. The molecule has 0 aromatic heterocycles. The molecule has 0 radical (unpaired) electrons. The van der Waals surface area contributed by atoms with Crippen LogP contribution >= 0.6 is 15.9 Å². The van der Waals surface area contributed by atoms with Gasteiger partial charge in [-0.2, -0.15) is 0 Å². The van der Waals surface area contributed by atoms with Crippen molar-refractivity contribution >= 4 is 33.7 Å². The van der Waals surface area contributed by atoms with Gasteiger partial charge in [0.15, 0.2) is 0 Å². The molecule has 3 rings (SSSR count). The zero-order chi connectivity index (χ0) is 19.7. The van der Waals surface area contributed by atoms with Gasteiger partial charge in [-0.25, -0.2) is 0 Å². The first-order chi connectivity index (χ1) is 12.8. The van der Waals surface area contributed by atoms with E-state index in [1.165, 1.54) is 0 Å². The Labute approximate surface area is 166 Å². The molecular formula is C21H21BrN2O3. The number of halogens is 1. The minimum Gasteiger partial charge on any atom is -0.348 e. The van der Waals surface area contributed by atoms with Crippen LogP contribution in [0.15, 0.2) is 53.0 Å². The first-order valence-electron chi connectivity index (χ1n) is 8.84. The van der Waals surface area contributed by atoms with Gasteiger partial charge in [0.1, 0.15) is 6.04 Å². The van der Waals surface area contributed by atoms with Crippen LogP contribution in [-0.4, -0.2) is 28.7 Å². The maximum absolute atomic E-state index is 13.0. The maximum atomic E-state index is 13.0. The quantitative estimate of drug-likeness (QED) is 0.733. The third-order valence-electron chi connectivity index (χ3n) is 4.73. The molecule has 2 aromatic rings. The number of fused-ring (bicyclic) bond motifs is 1. The molecule has 1 heterocycles. The molecule has 1 N–H and O–H groups in total. The lowest BCUT2D eigenvalue weighted by molar-refractivity contribution is -0.127. The molecule has 1 aliphatic rings. The Morgan fingerprint density at radius 1 is 0.926 bits per heavy atom. The molecule has 0 spiro atoms. The molecule has 2 aromatic carbocycles. The van der Waals surface area contributed by atoms with Crippen molar-refractivity contribution in [2.24, 2.45) is 5.92 Å². The van der Waals surface area contributed by atoms with Crippen molar-refractivity contribution in [2.75, 3.05) is 0 Å². The highest BCUT2D eigenvalue weighted by atomic mass is 79.9. The van der Waals surface area contributed by atoms with Crippen LogP contribution in [0, 0.1) is 5.92 Å². The summed E-state index contributed by atoms with van der Waals surface area (Å²) in [6, 6.07) is 13.1. The number of carbonyl (C=O) groups excluding carboxylic acids is 3. The molecule has 0 bridgehead atoms. The minimum absolute atomic E-state index is 0.223.